The van der Waals surface area contributed by atoms with Crippen LogP contribution in [0.4, 0.5) is 4.79 Å². The van der Waals surface area contributed by atoms with Crippen molar-refractivity contribution in [2.45, 2.75) is 6.04 Å². The molecule has 1 atom stereocenters. The number of hydrogen-bond donors (Lipinski definition) is 1. The maximum absolute atomic E-state index is 10.8. The molecule has 1 N–H and O–H groups in total. The molecule has 1 aromatic rings. The van der Waals surface area contributed by atoms with Gasteiger partial charge in [-0.05, 0) is 12.1 Å². The molecule has 1 aliphatic heterocycles. The van der Waals surface area contributed by atoms with Crippen LogP contribution in [0.5, 0.6) is 0 Å². The van der Waals surface area contributed by atoms with Gasteiger partial charge in [-0.2, -0.15) is 0 Å². The first-order chi connectivity index (χ1) is 6.68. The van der Waals surface area contributed by atoms with Crippen molar-refractivity contribution in [2.24, 2.45) is 0 Å². The number of rotatable bonds is 1. The Morgan fingerprint density at radius 3 is 2.50 bits per heavy atom. The molecule has 1 saturated heterocycles. The molecule has 1 heterocycles. The van der Waals surface area contributed by atoms with Crippen molar-refractivity contribution in [2.75, 3.05) is 6.61 Å². The lowest BCUT2D eigenvalue weighted by Gasteiger charge is -2.11. The van der Waals surface area contributed by atoms with Crippen LogP contribution in [0.15, 0.2) is 18.2 Å². The fraction of sp³-hybridized carbons (Fsp3) is 0.222. The summed E-state index contributed by atoms with van der Waals surface area (Å²) >= 11 is 11.9. The van der Waals surface area contributed by atoms with E-state index >= 15 is 0 Å². The Morgan fingerprint density at radius 1 is 1.36 bits per heavy atom. The minimum Gasteiger partial charge on any atom is -0.447 e. The van der Waals surface area contributed by atoms with Gasteiger partial charge in [-0.15, -0.1) is 0 Å². The summed E-state index contributed by atoms with van der Waals surface area (Å²) in [6.45, 7) is 0.266. The van der Waals surface area contributed by atoms with Crippen LogP contribution >= 0.6 is 23.2 Å². The fourth-order valence-electron chi connectivity index (χ4n) is 1.38. The van der Waals surface area contributed by atoms with E-state index in [1.807, 2.05) is 0 Å². The van der Waals surface area contributed by atoms with Crippen LogP contribution in [-0.2, 0) is 4.74 Å². The molecule has 2 rings (SSSR count). The van der Waals surface area contributed by atoms with Crippen molar-refractivity contribution in [1.29, 1.82) is 0 Å². The zero-order chi connectivity index (χ0) is 10.1. The molecule has 1 amide bonds. The molecular weight excluding hydrogens is 225 g/mol. The topological polar surface area (TPSA) is 38.3 Å². The van der Waals surface area contributed by atoms with Gasteiger partial charge in [0, 0.05) is 15.6 Å². The lowest BCUT2D eigenvalue weighted by molar-refractivity contribution is 0.177. The van der Waals surface area contributed by atoms with Gasteiger partial charge in [0.1, 0.15) is 6.61 Å². The van der Waals surface area contributed by atoms with Crippen molar-refractivity contribution in [3.05, 3.63) is 33.8 Å². The first kappa shape index (κ1) is 9.62. The smallest absolute Gasteiger partial charge is 0.407 e. The summed E-state index contributed by atoms with van der Waals surface area (Å²) in [4.78, 5) is 10.8. The van der Waals surface area contributed by atoms with Gasteiger partial charge in [-0.25, -0.2) is 4.79 Å². The van der Waals surface area contributed by atoms with E-state index in [4.69, 9.17) is 27.9 Å². The third-order valence-electron chi connectivity index (χ3n) is 2.02. The molecule has 74 valence electrons. The predicted molar refractivity (Wildman–Crippen MR) is 53.7 cm³/mol. The fourth-order valence-corrected chi connectivity index (χ4v) is 2.04. The molecule has 14 heavy (non-hydrogen) atoms. The maximum atomic E-state index is 10.8. The summed E-state index contributed by atoms with van der Waals surface area (Å²) < 4.78 is 4.76. The summed E-state index contributed by atoms with van der Waals surface area (Å²) in [7, 11) is 0. The summed E-state index contributed by atoms with van der Waals surface area (Å²) in [5, 5.41) is 3.69. The molecule has 0 aliphatic carbocycles. The van der Waals surface area contributed by atoms with Crippen LogP contribution < -0.4 is 5.32 Å². The molecule has 0 spiro atoms. The molecule has 1 aromatic carbocycles. The third kappa shape index (κ3) is 1.65. The molecule has 0 saturated carbocycles. The summed E-state index contributed by atoms with van der Waals surface area (Å²) in [5.74, 6) is 0. The highest BCUT2D eigenvalue weighted by Crippen LogP contribution is 2.31. The van der Waals surface area contributed by atoms with Gasteiger partial charge in [0.2, 0.25) is 0 Å². The highest BCUT2D eigenvalue weighted by Gasteiger charge is 2.27. The number of halogens is 2. The van der Waals surface area contributed by atoms with Crippen LogP contribution in [0.3, 0.4) is 0 Å². The van der Waals surface area contributed by atoms with Gasteiger partial charge in [0.05, 0.1) is 6.04 Å². The minimum atomic E-state index is -0.439. The number of ether oxygens (including phenoxy) is 1. The third-order valence-corrected chi connectivity index (χ3v) is 2.68. The van der Waals surface area contributed by atoms with Crippen LogP contribution in [0.2, 0.25) is 10.0 Å². The van der Waals surface area contributed by atoms with Crippen molar-refractivity contribution in [3.8, 4) is 0 Å². The predicted octanol–water partition coefficient (Wildman–Crippen LogP) is 2.77. The Bertz CT molecular complexity index is 361. The van der Waals surface area contributed by atoms with E-state index in [-0.39, 0.29) is 12.6 Å². The van der Waals surface area contributed by atoms with Gasteiger partial charge >= 0.3 is 6.09 Å². The highest BCUT2D eigenvalue weighted by atomic mass is 35.5. The van der Waals surface area contributed by atoms with E-state index < -0.39 is 6.09 Å². The number of carbonyl (C=O) groups excluding carboxylic acids is 1. The number of cyclic esters (lactones) is 1. The molecule has 0 unspecified atom stereocenters. The van der Waals surface area contributed by atoms with Crippen molar-refractivity contribution in [3.63, 3.8) is 0 Å². The van der Waals surface area contributed by atoms with Crippen LogP contribution in [0, 0.1) is 0 Å². The molecule has 1 fully saturated rings. The van der Waals surface area contributed by atoms with Gasteiger partial charge in [0.15, 0.2) is 0 Å². The van der Waals surface area contributed by atoms with Gasteiger partial charge in [-0.3, -0.25) is 0 Å². The number of hydrogen-bond acceptors (Lipinski definition) is 2. The maximum Gasteiger partial charge on any atom is 0.407 e. The van der Waals surface area contributed by atoms with Gasteiger partial charge in [0.25, 0.3) is 0 Å². The van der Waals surface area contributed by atoms with E-state index in [9.17, 15) is 4.79 Å². The molecule has 1 aliphatic rings. The van der Waals surface area contributed by atoms with E-state index in [2.05, 4.69) is 5.32 Å². The lowest BCUT2D eigenvalue weighted by atomic mass is 10.1. The van der Waals surface area contributed by atoms with Crippen molar-refractivity contribution >= 4 is 29.3 Å². The standard InChI is InChI=1S/C9H7Cl2NO2/c10-5-2-1-3-6(11)8(5)7-4-14-9(13)12-7/h1-3,7H,4H2,(H,12,13)/t7-/m1/s1. The second-order valence-corrected chi connectivity index (χ2v) is 3.75. The molecule has 5 heteroatoms. The van der Waals surface area contributed by atoms with Crippen molar-refractivity contribution in [1.82, 2.24) is 5.32 Å². The Morgan fingerprint density at radius 2 is 2.00 bits per heavy atom. The van der Waals surface area contributed by atoms with Crippen LogP contribution in [-0.4, -0.2) is 12.7 Å². The quantitative estimate of drug-likeness (QED) is 0.808. The lowest BCUT2D eigenvalue weighted by Crippen LogP contribution is -2.18. The average Bonchev–Trinajstić information content (AvgIpc) is 2.51. The van der Waals surface area contributed by atoms with Crippen LogP contribution in [0.1, 0.15) is 11.6 Å². The molecular formula is C9H7Cl2NO2. The van der Waals surface area contributed by atoms with Crippen molar-refractivity contribution < 1.29 is 9.53 Å². The summed E-state index contributed by atoms with van der Waals surface area (Å²) in [6.07, 6.45) is -0.439. The first-order valence-electron chi connectivity index (χ1n) is 4.05. The van der Waals surface area contributed by atoms with Gasteiger partial charge in [-0.1, -0.05) is 29.3 Å². The Labute approximate surface area is 91.0 Å². The number of nitrogens with one attached hydrogen (secondary N) is 1. The zero-order valence-electron chi connectivity index (χ0n) is 7.09. The minimum absolute atomic E-state index is 0.247. The first-order valence-corrected chi connectivity index (χ1v) is 4.81. The van der Waals surface area contributed by atoms with Crippen LogP contribution in [0.25, 0.3) is 0 Å². The monoisotopic (exact) mass is 231 g/mol. The molecule has 3 nitrogen and oxygen atoms in total. The van der Waals surface area contributed by atoms with E-state index in [0.717, 1.165) is 0 Å². The van der Waals surface area contributed by atoms with E-state index in [1.54, 1.807) is 18.2 Å². The zero-order valence-corrected chi connectivity index (χ0v) is 8.60. The SMILES string of the molecule is O=C1N[C@@H](c2c(Cl)cccc2Cl)CO1. The normalized spacial score (nSPS) is 20.4. The summed E-state index contributed by atoms with van der Waals surface area (Å²) in [6, 6.07) is 4.97. The highest BCUT2D eigenvalue weighted by molar-refractivity contribution is 6.36. The average molecular weight is 232 g/mol. The second kappa shape index (κ2) is 3.67. The molecule has 0 aromatic heterocycles. The van der Waals surface area contributed by atoms with Gasteiger partial charge < -0.3 is 10.1 Å². The Balaban J connectivity index is 2.36. The summed E-state index contributed by atoms with van der Waals surface area (Å²) in [5.41, 5.74) is 0.710. The Hall–Kier alpha value is -0.930. The number of alkyl carbamates (subject to hydrolysis) is 1. The second-order valence-electron chi connectivity index (χ2n) is 2.93. The molecule has 0 radical (unpaired) electrons. The Kier molecular flexibility index (Phi) is 2.52. The number of amides is 1. The number of benzene rings is 1. The molecule has 0 bridgehead atoms. The number of carbonyl (C=O) groups is 1. The van der Waals surface area contributed by atoms with E-state index in [1.165, 1.54) is 0 Å². The van der Waals surface area contributed by atoms with E-state index in [0.29, 0.717) is 15.6 Å². The largest absolute Gasteiger partial charge is 0.447 e.